The van der Waals surface area contributed by atoms with Gasteiger partial charge < -0.3 is 19.4 Å². The first-order chi connectivity index (χ1) is 16.9. The van der Waals surface area contributed by atoms with E-state index in [2.05, 4.69) is 9.88 Å². The lowest BCUT2D eigenvalue weighted by Crippen LogP contribution is -2.50. The minimum atomic E-state index is -0.559. The first-order valence-electron chi connectivity index (χ1n) is 12.5. The van der Waals surface area contributed by atoms with Crippen LogP contribution in [0, 0.1) is 18.3 Å². The first kappa shape index (κ1) is 23.9. The fourth-order valence-electron chi connectivity index (χ4n) is 5.58. The van der Waals surface area contributed by atoms with Crippen LogP contribution in [0.15, 0.2) is 42.6 Å². The van der Waals surface area contributed by atoms with Crippen molar-refractivity contribution in [2.45, 2.75) is 39.2 Å². The molecule has 2 saturated heterocycles. The van der Waals surface area contributed by atoms with E-state index in [1.807, 2.05) is 53.3 Å². The van der Waals surface area contributed by atoms with E-state index in [1.54, 1.807) is 13.0 Å². The number of ether oxygens (including phenoxy) is 1. The summed E-state index contributed by atoms with van der Waals surface area (Å²) in [4.78, 5) is 36.8. The van der Waals surface area contributed by atoms with Gasteiger partial charge in [-0.25, -0.2) is 4.98 Å². The van der Waals surface area contributed by atoms with Gasteiger partial charge in [-0.3, -0.25) is 9.59 Å². The van der Waals surface area contributed by atoms with E-state index < -0.39 is 6.10 Å². The third-order valence-corrected chi connectivity index (χ3v) is 8.15. The summed E-state index contributed by atoms with van der Waals surface area (Å²) in [5.74, 6) is 2.05. The number of nitrogens with zero attached hydrogens (tertiary/aromatic N) is 4. The number of anilines is 1. The van der Waals surface area contributed by atoms with Crippen molar-refractivity contribution in [3.05, 3.63) is 53.2 Å². The Hall–Kier alpha value is -2.80. The molecule has 0 N–H and O–H groups in total. The normalized spacial score (nSPS) is 22.1. The molecule has 35 heavy (non-hydrogen) atoms. The third-order valence-electron chi connectivity index (χ3n) is 7.91. The second kappa shape index (κ2) is 9.69. The Kier molecular flexibility index (Phi) is 6.62. The maximum Gasteiger partial charge on any atom is 0.263 e. The van der Waals surface area contributed by atoms with Crippen molar-refractivity contribution < 1.29 is 14.3 Å². The van der Waals surface area contributed by atoms with Gasteiger partial charge in [0.2, 0.25) is 5.91 Å². The van der Waals surface area contributed by atoms with Crippen molar-refractivity contribution in [3.8, 4) is 5.75 Å². The minimum absolute atomic E-state index is 0.00312. The van der Waals surface area contributed by atoms with Crippen LogP contribution >= 0.6 is 11.6 Å². The number of aromatic nitrogens is 1. The number of hydrogen-bond acceptors (Lipinski definition) is 5. The summed E-state index contributed by atoms with van der Waals surface area (Å²) in [7, 11) is 0. The molecule has 3 heterocycles. The molecule has 1 spiro atoms. The zero-order chi connectivity index (χ0) is 24.6. The summed E-state index contributed by atoms with van der Waals surface area (Å²) in [6.07, 6.45) is 3.97. The molecule has 0 unspecified atom stereocenters. The SMILES string of the molecule is Cc1cc(Cl)ccc1O[C@H](C)C(=O)N1CCC2(CC1)C[C@@H]2C(=O)N1CCN(c2ccccn2)CC1. The Morgan fingerprint density at radius 1 is 1.06 bits per heavy atom. The number of carbonyl (C=O) groups is 2. The number of piperazine rings is 1. The van der Waals surface area contributed by atoms with Crippen molar-refractivity contribution in [2.75, 3.05) is 44.2 Å². The monoisotopic (exact) mass is 496 g/mol. The fourth-order valence-corrected chi connectivity index (χ4v) is 5.81. The van der Waals surface area contributed by atoms with Crippen LogP contribution in [0.25, 0.3) is 0 Å². The molecule has 1 aliphatic carbocycles. The smallest absolute Gasteiger partial charge is 0.263 e. The summed E-state index contributed by atoms with van der Waals surface area (Å²) in [5, 5.41) is 0.652. The Morgan fingerprint density at radius 2 is 1.80 bits per heavy atom. The van der Waals surface area contributed by atoms with Gasteiger partial charge in [-0.1, -0.05) is 17.7 Å². The predicted molar refractivity (Wildman–Crippen MR) is 136 cm³/mol. The second-order valence-corrected chi connectivity index (χ2v) is 10.6. The van der Waals surface area contributed by atoms with E-state index in [1.165, 1.54) is 0 Å². The number of pyridine rings is 1. The molecule has 3 aliphatic rings. The van der Waals surface area contributed by atoms with Crippen molar-refractivity contribution in [3.63, 3.8) is 0 Å². The lowest BCUT2D eigenvalue weighted by molar-refractivity contribution is -0.140. The molecule has 5 rings (SSSR count). The highest BCUT2D eigenvalue weighted by atomic mass is 35.5. The fraction of sp³-hybridized carbons (Fsp3) is 0.519. The average molecular weight is 497 g/mol. The molecular formula is C27H33ClN4O3. The number of amides is 2. The van der Waals surface area contributed by atoms with Gasteiger partial charge in [-0.2, -0.15) is 0 Å². The second-order valence-electron chi connectivity index (χ2n) is 10.1. The van der Waals surface area contributed by atoms with Crippen molar-refractivity contribution in [2.24, 2.45) is 11.3 Å². The van der Waals surface area contributed by atoms with Gasteiger partial charge in [-0.05, 0) is 74.4 Å². The summed E-state index contributed by atoms with van der Waals surface area (Å²) >= 11 is 6.02. The summed E-state index contributed by atoms with van der Waals surface area (Å²) in [6, 6.07) is 11.4. The molecule has 1 saturated carbocycles. The first-order valence-corrected chi connectivity index (χ1v) is 12.9. The van der Waals surface area contributed by atoms with E-state index in [4.69, 9.17) is 16.3 Å². The van der Waals surface area contributed by atoms with E-state index in [0.717, 1.165) is 56.8 Å². The van der Waals surface area contributed by atoms with Crippen LogP contribution in [0.2, 0.25) is 5.02 Å². The van der Waals surface area contributed by atoms with E-state index in [-0.39, 0.29) is 17.2 Å². The van der Waals surface area contributed by atoms with E-state index >= 15 is 0 Å². The third kappa shape index (κ3) is 4.96. The molecule has 7 nitrogen and oxygen atoms in total. The van der Waals surface area contributed by atoms with Gasteiger partial charge in [0.15, 0.2) is 6.10 Å². The topological polar surface area (TPSA) is 66.0 Å². The number of carbonyl (C=O) groups excluding carboxylic acids is 2. The highest BCUT2D eigenvalue weighted by molar-refractivity contribution is 6.30. The molecule has 1 aromatic heterocycles. The zero-order valence-corrected chi connectivity index (χ0v) is 21.2. The lowest BCUT2D eigenvalue weighted by Gasteiger charge is -2.37. The molecule has 1 aromatic carbocycles. The lowest BCUT2D eigenvalue weighted by atomic mass is 9.90. The molecule has 0 radical (unpaired) electrons. The minimum Gasteiger partial charge on any atom is -0.481 e. The largest absolute Gasteiger partial charge is 0.481 e. The average Bonchev–Trinajstić information content (AvgIpc) is 3.58. The zero-order valence-electron chi connectivity index (χ0n) is 20.5. The van der Waals surface area contributed by atoms with Crippen LogP contribution in [-0.4, -0.2) is 72.0 Å². The Morgan fingerprint density at radius 3 is 2.46 bits per heavy atom. The molecule has 2 amide bonds. The Bertz CT molecular complexity index is 1080. The summed E-state index contributed by atoms with van der Waals surface area (Å²) in [5.41, 5.74) is 0.984. The number of aryl methyl sites for hydroxylation is 1. The Labute approximate surface area is 212 Å². The maximum absolute atomic E-state index is 13.2. The predicted octanol–water partition coefficient (Wildman–Crippen LogP) is 3.79. The van der Waals surface area contributed by atoms with Gasteiger partial charge in [-0.15, -0.1) is 0 Å². The van der Waals surface area contributed by atoms with Crippen LogP contribution in [-0.2, 0) is 9.59 Å². The van der Waals surface area contributed by atoms with Crippen molar-refractivity contribution in [1.29, 1.82) is 0 Å². The quantitative estimate of drug-likeness (QED) is 0.630. The van der Waals surface area contributed by atoms with Crippen molar-refractivity contribution >= 4 is 29.2 Å². The molecule has 8 heteroatoms. The standard InChI is InChI=1S/C27H33ClN4O3/c1-19-17-21(28)6-7-23(19)35-20(2)25(33)31-11-8-27(9-12-31)18-22(27)26(34)32-15-13-30(14-16-32)24-5-3-4-10-29-24/h3-7,10,17,20,22H,8-9,11-16,18H2,1-2H3/t20-,22-/m1/s1. The van der Waals surface area contributed by atoms with Gasteiger partial charge in [0, 0.05) is 56.4 Å². The molecule has 2 atom stereocenters. The molecule has 0 bridgehead atoms. The molecule has 2 aromatic rings. The highest BCUT2D eigenvalue weighted by Gasteiger charge is 2.59. The van der Waals surface area contributed by atoms with Crippen molar-refractivity contribution in [1.82, 2.24) is 14.8 Å². The summed E-state index contributed by atoms with van der Waals surface area (Å²) < 4.78 is 5.94. The maximum atomic E-state index is 13.2. The van der Waals surface area contributed by atoms with E-state index in [9.17, 15) is 9.59 Å². The number of rotatable bonds is 5. The van der Waals surface area contributed by atoms with Gasteiger partial charge in [0.25, 0.3) is 5.91 Å². The Balaban J connectivity index is 1.10. The molecular weight excluding hydrogens is 464 g/mol. The molecule has 3 fully saturated rings. The van der Waals surface area contributed by atoms with Crippen LogP contribution in [0.3, 0.4) is 0 Å². The van der Waals surface area contributed by atoms with Crippen LogP contribution in [0.5, 0.6) is 5.75 Å². The van der Waals surface area contributed by atoms with Gasteiger partial charge in [0.1, 0.15) is 11.6 Å². The number of halogens is 1. The number of hydrogen-bond donors (Lipinski definition) is 0. The number of benzene rings is 1. The molecule has 186 valence electrons. The summed E-state index contributed by atoms with van der Waals surface area (Å²) in [6.45, 7) is 8.20. The van der Waals surface area contributed by atoms with Crippen LogP contribution < -0.4 is 9.64 Å². The van der Waals surface area contributed by atoms with E-state index in [0.29, 0.717) is 29.8 Å². The van der Waals surface area contributed by atoms with Gasteiger partial charge >= 0.3 is 0 Å². The molecule has 2 aliphatic heterocycles. The van der Waals surface area contributed by atoms with Crippen LogP contribution in [0.1, 0.15) is 31.7 Å². The van der Waals surface area contributed by atoms with Gasteiger partial charge in [0.05, 0.1) is 0 Å². The number of likely N-dealkylation sites (tertiary alicyclic amines) is 1. The number of piperidine rings is 1. The van der Waals surface area contributed by atoms with Crippen LogP contribution in [0.4, 0.5) is 5.82 Å². The highest BCUT2D eigenvalue weighted by Crippen LogP contribution is 2.60.